The maximum atomic E-state index is 4.75. The third-order valence-corrected chi connectivity index (χ3v) is 5.29. The van der Waals surface area contributed by atoms with Crippen molar-refractivity contribution in [3.8, 4) is 0 Å². The van der Waals surface area contributed by atoms with E-state index in [2.05, 4.69) is 46.2 Å². The zero-order valence-corrected chi connectivity index (χ0v) is 13.5. The first-order valence-electron chi connectivity index (χ1n) is 8.64. The molecule has 3 heterocycles. The van der Waals surface area contributed by atoms with Crippen molar-refractivity contribution in [2.24, 2.45) is 4.99 Å². The fourth-order valence-electron chi connectivity index (χ4n) is 3.86. The lowest BCUT2D eigenvalue weighted by molar-refractivity contribution is 0.148. The number of benzene rings is 1. The Hall–Kier alpha value is -1.39. The lowest BCUT2D eigenvalue weighted by atomic mass is 9.99. The first kappa shape index (κ1) is 14.2. The SMILES string of the molecule is CN1CCN(Cc2ccc3c(c2)N=CC2CCCCN32)CC1. The second-order valence-corrected chi connectivity index (χ2v) is 6.94. The van der Waals surface area contributed by atoms with Gasteiger partial charge in [-0.05, 0) is 44.0 Å². The first-order chi connectivity index (χ1) is 10.8. The molecule has 4 rings (SSSR count). The van der Waals surface area contributed by atoms with Gasteiger partial charge in [-0.3, -0.25) is 9.89 Å². The maximum Gasteiger partial charge on any atom is 0.0863 e. The van der Waals surface area contributed by atoms with E-state index >= 15 is 0 Å². The highest BCUT2D eigenvalue weighted by molar-refractivity contribution is 5.84. The molecule has 0 saturated carbocycles. The summed E-state index contributed by atoms with van der Waals surface area (Å²) in [5.74, 6) is 0. The van der Waals surface area contributed by atoms with Crippen LogP contribution in [0.4, 0.5) is 11.4 Å². The Balaban J connectivity index is 1.50. The van der Waals surface area contributed by atoms with Crippen molar-refractivity contribution in [1.82, 2.24) is 9.80 Å². The van der Waals surface area contributed by atoms with Gasteiger partial charge in [-0.15, -0.1) is 0 Å². The van der Waals surface area contributed by atoms with E-state index < -0.39 is 0 Å². The van der Waals surface area contributed by atoms with Crippen molar-refractivity contribution in [3.05, 3.63) is 23.8 Å². The van der Waals surface area contributed by atoms with Crippen LogP contribution in [0.5, 0.6) is 0 Å². The Kier molecular flexibility index (Phi) is 3.89. The Morgan fingerprint density at radius 1 is 1.09 bits per heavy atom. The molecule has 118 valence electrons. The molecular weight excluding hydrogens is 272 g/mol. The predicted octanol–water partition coefficient (Wildman–Crippen LogP) is 2.51. The maximum absolute atomic E-state index is 4.75. The van der Waals surface area contributed by atoms with Gasteiger partial charge in [0.15, 0.2) is 0 Å². The summed E-state index contributed by atoms with van der Waals surface area (Å²) in [5.41, 5.74) is 3.91. The minimum atomic E-state index is 0.532. The van der Waals surface area contributed by atoms with Gasteiger partial charge in [-0.25, -0.2) is 0 Å². The highest BCUT2D eigenvalue weighted by Gasteiger charge is 2.26. The summed E-state index contributed by atoms with van der Waals surface area (Å²) in [6, 6.07) is 7.44. The molecular formula is C18H26N4. The first-order valence-corrected chi connectivity index (χ1v) is 8.64. The van der Waals surface area contributed by atoms with Crippen LogP contribution < -0.4 is 4.90 Å². The molecule has 1 aromatic rings. The number of piperidine rings is 1. The van der Waals surface area contributed by atoms with Crippen molar-refractivity contribution in [1.29, 1.82) is 0 Å². The van der Waals surface area contributed by atoms with Crippen LogP contribution in [-0.2, 0) is 6.54 Å². The van der Waals surface area contributed by atoms with Crippen molar-refractivity contribution >= 4 is 17.6 Å². The molecule has 1 atom stereocenters. The molecule has 1 unspecified atom stereocenters. The molecule has 0 aromatic heterocycles. The zero-order chi connectivity index (χ0) is 14.9. The Labute approximate surface area is 133 Å². The average molecular weight is 298 g/mol. The molecule has 4 nitrogen and oxygen atoms in total. The lowest BCUT2D eigenvalue weighted by Crippen LogP contribution is -2.44. The van der Waals surface area contributed by atoms with Gasteiger partial charge < -0.3 is 9.80 Å². The summed E-state index contributed by atoms with van der Waals surface area (Å²) in [5, 5.41) is 0. The standard InChI is InChI=1S/C18H26N4/c1-20-8-10-21(11-9-20)14-15-5-6-18-17(12-15)19-13-16-4-2-3-7-22(16)18/h5-6,12-13,16H,2-4,7-11,14H2,1H3. The van der Waals surface area contributed by atoms with Crippen molar-refractivity contribution in [2.45, 2.75) is 31.8 Å². The monoisotopic (exact) mass is 298 g/mol. The molecule has 0 N–H and O–H groups in total. The van der Waals surface area contributed by atoms with Crippen molar-refractivity contribution in [3.63, 3.8) is 0 Å². The summed E-state index contributed by atoms with van der Waals surface area (Å²) in [7, 11) is 2.21. The number of piperazine rings is 1. The fourth-order valence-corrected chi connectivity index (χ4v) is 3.86. The molecule has 0 amide bonds. The highest BCUT2D eigenvalue weighted by Crippen LogP contribution is 2.37. The number of likely N-dealkylation sites (N-methyl/N-ethyl adjacent to an activating group) is 1. The van der Waals surface area contributed by atoms with Gasteiger partial charge in [0.25, 0.3) is 0 Å². The molecule has 3 aliphatic rings. The van der Waals surface area contributed by atoms with E-state index in [1.54, 1.807) is 0 Å². The quantitative estimate of drug-likeness (QED) is 0.837. The van der Waals surface area contributed by atoms with Gasteiger partial charge in [-0.1, -0.05) is 6.07 Å². The topological polar surface area (TPSA) is 22.1 Å². The molecule has 1 aromatic carbocycles. The summed E-state index contributed by atoms with van der Waals surface area (Å²) in [6.07, 6.45) is 6.07. The van der Waals surface area contributed by atoms with Crippen LogP contribution in [0.2, 0.25) is 0 Å². The van der Waals surface area contributed by atoms with E-state index in [0.29, 0.717) is 6.04 Å². The highest BCUT2D eigenvalue weighted by atomic mass is 15.2. The Bertz CT molecular complexity index is 560. The van der Waals surface area contributed by atoms with Crippen LogP contribution in [0.1, 0.15) is 24.8 Å². The van der Waals surface area contributed by atoms with Crippen LogP contribution in [0.25, 0.3) is 0 Å². The molecule has 0 radical (unpaired) electrons. The van der Waals surface area contributed by atoms with Gasteiger partial charge in [0.05, 0.1) is 17.4 Å². The summed E-state index contributed by atoms with van der Waals surface area (Å²) < 4.78 is 0. The number of hydrogen-bond donors (Lipinski definition) is 0. The smallest absolute Gasteiger partial charge is 0.0863 e. The van der Waals surface area contributed by atoms with E-state index in [4.69, 9.17) is 4.99 Å². The van der Waals surface area contributed by atoms with Gasteiger partial charge >= 0.3 is 0 Å². The van der Waals surface area contributed by atoms with E-state index in [0.717, 1.165) is 6.54 Å². The van der Waals surface area contributed by atoms with Crippen LogP contribution in [0, 0.1) is 0 Å². The molecule has 4 heteroatoms. The normalized spacial score (nSPS) is 25.9. The summed E-state index contributed by atoms with van der Waals surface area (Å²) in [4.78, 5) is 12.3. The molecule has 0 bridgehead atoms. The second kappa shape index (κ2) is 6.01. The molecule has 2 fully saturated rings. The van der Waals surface area contributed by atoms with Gasteiger partial charge in [0.2, 0.25) is 0 Å². The molecule has 0 spiro atoms. The largest absolute Gasteiger partial charge is 0.362 e. The number of aliphatic imine (C=N–C) groups is 1. The average Bonchev–Trinajstić information content (AvgIpc) is 2.57. The van der Waals surface area contributed by atoms with E-state index in [-0.39, 0.29) is 0 Å². The van der Waals surface area contributed by atoms with Crippen LogP contribution in [-0.4, -0.2) is 61.8 Å². The Morgan fingerprint density at radius 3 is 2.82 bits per heavy atom. The molecule has 3 aliphatic heterocycles. The third-order valence-electron chi connectivity index (χ3n) is 5.29. The fraction of sp³-hybridized carbons (Fsp3) is 0.611. The number of anilines is 1. The van der Waals surface area contributed by atoms with Crippen LogP contribution in [0.3, 0.4) is 0 Å². The van der Waals surface area contributed by atoms with Gasteiger partial charge in [-0.2, -0.15) is 0 Å². The van der Waals surface area contributed by atoms with Crippen molar-refractivity contribution < 1.29 is 0 Å². The number of nitrogens with zero attached hydrogens (tertiary/aromatic N) is 4. The Morgan fingerprint density at radius 2 is 1.95 bits per heavy atom. The number of rotatable bonds is 2. The van der Waals surface area contributed by atoms with Crippen LogP contribution in [0.15, 0.2) is 23.2 Å². The summed E-state index contributed by atoms with van der Waals surface area (Å²) >= 11 is 0. The number of hydrogen-bond acceptors (Lipinski definition) is 4. The second-order valence-electron chi connectivity index (χ2n) is 6.94. The van der Waals surface area contributed by atoms with E-state index in [1.807, 2.05) is 0 Å². The summed E-state index contributed by atoms with van der Waals surface area (Å²) in [6.45, 7) is 6.94. The van der Waals surface area contributed by atoms with Crippen molar-refractivity contribution in [2.75, 3.05) is 44.7 Å². The predicted molar refractivity (Wildman–Crippen MR) is 92.4 cm³/mol. The van der Waals surface area contributed by atoms with Gasteiger partial charge in [0.1, 0.15) is 0 Å². The molecule has 22 heavy (non-hydrogen) atoms. The lowest BCUT2D eigenvalue weighted by Gasteiger charge is -2.38. The van der Waals surface area contributed by atoms with Gasteiger partial charge in [0, 0.05) is 45.5 Å². The molecule has 0 aliphatic carbocycles. The molecule has 2 saturated heterocycles. The zero-order valence-electron chi connectivity index (χ0n) is 13.5. The van der Waals surface area contributed by atoms with E-state index in [9.17, 15) is 0 Å². The van der Waals surface area contributed by atoms with E-state index in [1.165, 1.54) is 68.9 Å². The number of fused-ring (bicyclic) bond motifs is 3. The van der Waals surface area contributed by atoms with Crippen LogP contribution >= 0.6 is 0 Å². The minimum absolute atomic E-state index is 0.532. The third kappa shape index (κ3) is 2.77. The minimum Gasteiger partial charge on any atom is -0.362 e.